The molecule has 0 N–H and O–H groups in total. The predicted octanol–water partition coefficient (Wildman–Crippen LogP) is 5.61. The van der Waals surface area contributed by atoms with Crippen molar-refractivity contribution in [2.75, 3.05) is 11.4 Å². The van der Waals surface area contributed by atoms with E-state index in [0.717, 1.165) is 0 Å². The molecule has 1 heteroatoms. The van der Waals surface area contributed by atoms with Gasteiger partial charge in [0.2, 0.25) is 0 Å². The fourth-order valence-corrected chi connectivity index (χ4v) is 3.97. The van der Waals surface area contributed by atoms with Crippen LogP contribution in [0.2, 0.25) is 0 Å². The number of hydrogen-bond donors (Lipinski definition) is 0. The van der Waals surface area contributed by atoms with Crippen molar-refractivity contribution in [1.29, 1.82) is 0 Å². The van der Waals surface area contributed by atoms with Crippen molar-refractivity contribution in [2.24, 2.45) is 5.41 Å². The highest BCUT2D eigenvalue weighted by Gasteiger charge is 2.46. The van der Waals surface area contributed by atoms with Crippen LogP contribution in [-0.4, -0.2) is 12.1 Å². The molecule has 1 aromatic rings. The zero-order chi connectivity index (χ0) is 15.0. The largest absolute Gasteiger partial charge is 0.366 e. The summed E-state index contributed by atoms with van der Waals surface area (Å²) in [6, 6.07) is 8.98. The first-order chi connectivity index (χ1) is 9.35. The fourth-order valence-electron chi connectivity index (χ4n) is 3.97. The van der Waals surface area contributed by atoms with Crippen LogP contribution in [0.4, 0.5) is 5.69 Å². The number of nitrogens with zero attached hydrogens (tertiary/aromatic N) is 1. The maximum atomic E-state index is 2.68. The number of para-hydroxylation sites is 1. The van der Waals surface area contributed by atoms with Crippen molar-refractivity contribution in [3.63, 3.8) is 0 Å². The van der Waals surface area contributed by atoms with E-state index in [1.54, 1.807) is 0 Å². The molecule has 1 aliphatic heterocycles. The van der Waals surface area contributed by atoms with E-state index in [-0.39, 0.29) is 5.54 Å². The van der Waals surface area contributed by atoms with Gasteiger partial charge in [-0.2, -0.15) is 0 Å². The maximum Gasteiger partial charge on any atom is 0.0406 e. The molecule has 1 aromatic carbocycles. The summed E-state index contributed by atoms with van der Waals surface area (Å²) in [5.74, 6) is 0.584. The van der Waals surface area contributed by atoms with Gasteiger partial charge in [-0.25, -0.2) is 0 Å². The minimum atomic E-state index is 0.261. The summed E-state index contributed by atoms with van der Waals surface area (Å²) in [6.07, 6.45) is 3.87. The lowest BCUT2D eigenvalue weighted by molar-refractivity contribution is 0.276. The van der Waals surface area contributed by atoms with Crippen molar-refractivity contribution in [2.45, 2.75) is 72.3 Å². The molecule has 2 rings (SSSR count). The van der Waals surface area contributed by atoms with Gasteiger partial charge in [0.15, 0.2) is 0 Å². The maximum absolute atomic E-state index is 2.68. The van der Waals surface area contributed by atoms with Crippen LogP contribution >= 0.6 is 0 Å². The average molecular weight is 273 g/mol. The van der Waals surface area contributed by atoms with Crippen LogP contribution in [-0.2, 0) is 0 Å². The molecule has 0 atom stereocenters. The molecule has 1 aliphatic rings. The van der Waals surface area contributed by atoms with Gasteiger partial charge in [-0.05, 0) is 56.1 Å². The third kappa shape index (κ3) is 2.60. The van der Waals surface area contributed by atoms with Crippen LogP contribution in [0.15, 0.2) is 24.3 Å². The molecule has 0 spiro atoms. The highest BCUT2D eigenvalue weighted by Crippen LogP contribution is 2.48. The van der Waals surface area contributed by atoms with Crippen LogP contribution in [0.25, 0.3) is 0 Å². The molecule has 1 heterocycles. The lowest BCUT2D eigenvalue weighted by Crippen LogP contribution is -2.38. The van der Waals surface area contributed by atoms with Gasteiger partial charge in [-0.1, -0.05) is 45.9 Å². The van der Waals surface area contributed by atoms with Crippen LogP contribution in [0, 0.1) is 5.41 Å². The molecule has 0 bridgehead atoms. The summed E-state index contributed by atoms with van der Waals surface area (Å²) >= 11 is 0. The van der Waals surface area contributed by atoms with Gasteiger partial charge in [0.05, 0.1) is 0 Å². The molecule has 0 radical (unpaired) electrons. The van der Waals surface area contributed by atoms with E-state index in [1.807, 2.05) is 0 Å². The van der Waals surface area contributed by atoms with Gasteiger partial charge >= 0.3 is 0 Å². The van der Waals surface area contributed by atoms with Gasteiger partial charge in [0.1, 0.15) is 0 Å². The zero-order valence-corrected chi connectivity index (χ0v) is 14.2. The molecule has 112 valence electrons. The molecular weight excluding hydrogens is 242 g/mol. The zero-order valence-electron chi connectivity index (χ0n) is 14.2. The Bertz CT molecular complexity index is 455. The van der Waals surface area contributed by atoms with E-state index in [9.17, 15) is 0 Å². The van der Waals surface area contributed by atoms with Crippen molar-refractivity contribution in [3.05, 3.63) is 29.8 Å². The van der Waals surface area contributed by atoms with Crippen LogP contribution in [0.3, 0.4) is 0 Å². The third-order valence-electron chi connectivity index (χ3n) is 5.38. The van der Waals surface area contributed by atoms with E-state index < -0.39 is 0 Å². The second-order valence-corrected chi connectivity index (χ2v) is 7.50. The molecule has 1 saturated heterocycles. The van der Waals surface area contributed by atoms with Crippen molar-refractivity contribution in [1.82, 2.24) is 0 Å². The lowest BCUT2D eigenvalue weighted by Gasteiger charge is -2.35. The first kappa shape index (κ1) is 15.4. The SMILES string of the molecule is CCC1(CC)CN(c2ccccc2C(C)C)C(C)(C)C1. The number of rotatable bonds is 4. The molecule has 20 heavy (non-hydrogen) atoms. The van der Waals surface area contributed by atoms with E-state index in [0.29, 0.717) is 11.3 Å². The Labute approximate surface area is 125 Å². The number of anilines is 1. The van der Waals surface area contributed by atoms with Crippen molar-refractivity contribution >= 4 is 5.69 Å². The molecule has 1 fully saturated rings. The van der Waals surface area contributed by atoms with Gasteiger partial charge in [0, 0.05) is 17.8 Å². The summed E-state index contributed by atoms with van der Waals surface area (Å²) in [5, 5.41) is 0. The Morgan fingerprint density at radius 3 is 2.20 bits per heavy atom. The summed E-state index contributed by atoms with van der Waals surface area (Å²) in [5.41, 5.74) is 3.70. The number of benzene rings is 1. The van der Waals surface area contributed by atoms with Gasteiger partial charge in [-0.3, -0.25) is 0 Å². The topological polar surface area (TPSA) is 3.24 Å². The van der Waals surface area contributed by atoms with Gasteiger partial charge in [-0.15, -0.1) is 0 Å². The smallest absolute Gasteiger partial charge is 0.0406 e. The Hall–Kier alpha value is -0.980. The Morgan fingerprint density at radius 1 is 1.10 bits per heavy atom. The van der Waals surface area contributed by atoms with Crippen LogP contribution in [0.1, 0.15) is 72.3 Å². The third-order valence-corrected chi connectivity index (χ3v) is 5.38. The van der Waals surface area contributed by atoms with Crippen molar-refractivity contribution < 1.29 is 0 Å². The predicted molar refractivity (Wildman–Crippen MR) is 89.6 cm³/mol. The van der Waals surface area contributed by atoms with E-state index in [1.165, 1.54) is 37.1 Å². The van der Waals surface area contributed by atoms with Crippen LogP contribution < -0.4 is 4.90 Å². The minimum absolute atomic E-state index is 0.261. The molecule has 1 nitrogen and oxygen atoms in total. The second kappa shape index (κ2) is 5.42. The van der Waals surface area contributed by atoms with E-state index >= 15 is 0 Å². The normalized spacial score (nSPS) is 20.6. The Kier molecular flexibility index (Phi) is 4.18. The highest BCUT2D eigenvalue weighted by atomic mass is 15.2. The Morgan fingerprint density at radius 2 is 1.70 bits per heavy atom. The summed E-state index contributed by atoms with van der Waals surface area (Å²) in [7, 11) is 0. The summed E-state index contributed by atoms with van der Waals surface area (Å²) < 4.78 is 0. The Balaban J connectivity index is 2.43. The summed E-state index contributed by atoms with van der Waals surface area (Å²) in [4.78, 5) is 2.68. The fraction of sp³-hybridized carbons (Fsp3) is 0.684. The second-order valence-electron chi connectivity index (χ2n) is 7.50. The standard InChI is InChI=1S/C19H31N/c1-7-19(8-2)13-18(5,6)20(14-19)17-12-10-9-11-16(17)15(3)4/h9-12,15H,7-8,13-14H2,1-6H3. The molecular formula is C19H31N. The molecule has 0 aliphatic carbocycles. The van der Waals surface area contributed by atoms with E-state index in [4.69, 9.17) is 0 Å². The molecule has 0 aromatic heterocycles. The minimum Gasteiger partial charge on any atom is -0.366 e. The first-order valence-electron chi connectivity index (χ1n) is 8.22. The summed E-state index contributed by atoms with van der Waals surface area (Å²) in [6.45, 7) is 15.4. The average Bonchev–Trinajstić information content (AvgIpc) is 2.70. The van der Waals surface area contributed by atoms with Gasteiger partial charge in [0.25, 0.3) is 0 Å². The first-order valence-corrected chi connectivity index (χ1v) is 8.22. The molecule has 0 saturated carbocycles. The van der Waals surface area contributed by atoms with Crippen LogP contribution in [0.5, 0.6) is 0 Å². The molecule has 0 unspecified atom stereocenters. The van der Waals surface area contributed by atoms with E-state index in [2.05, 4.69) is 70.7 Å². The monoisotopic (exact) mass is 273 g/mol. The lowest BCUT2D eigenvalue weighted by atomic mass is 9.78. The quantitative estimate of drug-likeness (QED) is 0.689. The highest BCUT2D eigenvalue weighted by molar-refractivity contribution is 5.58. The number of hydrogen-bond acceptors (Lipinski definition) is 1. The van der Waals surface area contributed by atoms with Gasteiger partial charge < -0.3 is 4.90 Å². The molecule has 0 amide bonds. The van der Waals surface area contributed by atoms with Crippen molar-refractivity contribution in [3.8, 4) is 0 Å².